The summed E-state index contributed by atoms with van der Waals surface area (Å²) < 4.78 is 40.9. The lowest BCUT2D eigenvalue weighted by Crippen LogP contribution is -2.50. The van der Waals surface area contributed by atoms with E-state index in [1.165, 1.54) is 23.0 Å². The molecule has 1 aliphatic heterocycles. The predicted molar refractivity (Wildman–Crippen MR) is 128 cm³/mol. The van der Waals surface area contributed by atoms with E-state index in [0.29, 0.717) is 17.2 Å². The lowest BCUT2D eigenvalue weighted by molar-refractivity contribution is -0.141. The second-order valence-corrected chi connectivity index (χ2v) is 11.2. The van der Waals surface area contributed by atoms with Gasteiger partial charge >= 0.3 is 6.18 Å². The number of imidazole rings is 1. The van der Waals surface area contributed by atoms with Crippen LogP contribution in [0.25, 0.3) is 17.2 Å². The van der Waals surface area contributed by atoms with Gasteiger partial charge in [-0.25, -0.2) is 19.9 Å². The molecule has 0 amide bonds. The van der Waals surface area contributed by atoms with Gasteiger partial charge in [0.2, 0.25) is 0 Å². The van der Waals surface area contributed by atoms with Crippen LogP contribution < -0.4 is 10.6 Å². The van der Waals surface area contributed by atoms with Gasteiger partial charge in [-0.1, -0.05) is 0 Å². The van der Waals surface area contributed by atoms with Crippen LogP contribution in [0.15, 0.2) is 42.6 Å². The Morgan fingerprint density at radius 3 is 2.65 bits per heavy atom. The summed E-state index contributed by atoms with van der Waals surface area (Å²) in [6.45, 7) is 7.34. The summed E-state index contributed by atoms with van der Waals surface area (Å²) in [7, 11) is -0.254. The average Bonchev–Trinajstić information content (AvgIpc) is 3.23. The maximum absolute atomic E-state index is 13.2. The van der Waals surface area contributed by atoms with Crippen molar-refractivity contribution in [3.05, 3.63) is 48.3 Å². The van der Waals surface area contributed by atoms with Crippen molar-refractivity contribution in [3.8, 4) is 11.5 Å². The van der Waals surface area contributed by atoms with Crippen molar-refractivity contribution in [1.29, 1.82) is 5.41 Å². The molecule has 3 N–H and O–H groups in total. The van der Waals surface area contributed by atoms with Gasteiger partial charge in [-0.3, -0.25) is 4.40 Å². The van der Waals surface area contributed by atoms with Gasteiger partial charge in [-0.15, -0.1) is 7.92 Å². The molecule has 3 unspecified atom stereocenters. The molecule has 4 heterocycles. The minimum atomic E-state index is -4.58. The summed E-state index contributed by atoms with van der Waals surface area (Å²) >= 11 is 0. The number of fused-ring (bicyclic) bond motifs is 1. The first-order chi connectivity index (χ1) is 16.1. The zero-order chi connectivity index (χ0) is 24.6. The van der Waals surface area contributed by atoms with Gasteiger partial charge in [0, 0.05) is 37.1 Å². The number of nitrogens with zero attached hydrogens (tertiary/aromatic N) is 6. The molecule has 3 atom stereocenters. The molecule has 1 aliphatic rings. The Morgan fingerprint density at radius 2 is 2.00 bits per heavy atom. The molecular formula is C22H26F3N8P. The van der Waals surface area contributed by atoms with Crippen molar-refractivity contribution in [2.75, 3.05) is 24.8 Å². The van der Waals surface area contributed by atoms with Crippen LogP contribution in [0.4, 0.5) is 19.0 Å². The highest BCUT2D eigenvalue weighted by molar-refractivity contribution is 7.56. The SMILES string of the molecule is CC1C(/C(C=N)=C/N)CC(P(C)C)CN1c1ccnc(-c2cnc3cnc(C(F)(F)F)cn23)n1. The molecule has 3 aromatic heterocycles. The maximum Gasteiger partial charge on any atom is 0.434 e. The minimum Gasteiger partial charge on any atom is -0.404 e. The fraction of sp³-hybridized carbons (Fsp3) is 0.409. The first kappa shape index (κ1) is 24.1. The van der Waals surface area contributed by atoms with Crippen LogP contribution >= 0.6 is 7.92 Å². The number of hydrogen-bond acceptors (Lipinski definition) is 7. The second-order valence-electron chi connectivity index (χ2n) is 8.54. The molecule has 180 valence electrons. The van der Waals surface area contributed by atoms with Crippen LogP contribution in [0, 0.1) is 11.3 Å². The third kappa shape index (κ3) is 4.49. The zero-order valence-electron chi connectivity index (χ0n) is 19.0. The van der Waals surface area contributed by atoms with Crippen molar-refractivity contribution < 1.29 is 13.2 Å². The highest BCUT2D eigenvalue weighted by Gasteiger charge is 2.37. The van der Waals surface area contributed by atoms with Gasteiger partial charge in [0.15, 0.2) is 17.2 Å². The van der Waals surface area contributed by atoms with Gasteiger partial charge in [-0.2, -0.15) is 13.2 Å². The molecular weight excluding hydrogens is 464 g/mol. The third-order valence-corrected chi connectivity index (χ3v) is 8.21. The number of nitrogens with two attached hydrogens (primary N) is 1. The number of piperidine rings is 1. The van der Waals surface area contributed by atoms with Gasteiger partial charge < -0.3 is 16.0 Å². The Balaban J connectivity index is 1.75. The summed E-state index contributed by atoms with van der Waals surface area (Å²) in [5.41, 5.74) is 6.62. The summed E-state index contributed by atoms with van der Waals surface area (Å²) in [5.74, 6) is 1.01. The minimum absolute atomic E-state index is 0.0218. The van der Waals surface area contributed by atoms with Gasteiger partial charge in [-0.05, 0) is 50.2 Å². The van der Waals surface area contributed by atoms with E-state index in [1.807, 2.05) is 0 Å². The molecule has 1 saturated heterocycles. The first-order valence-electron chi connectivity index (χ1n) is 10.7. The Morgan fingerprint density at radius 1 is 1.24 bits per heavy atom. The Labute approximate surface area is 196 Å². The molecule has 34 heavy (non-hydrogen) atoms. The van der Waals surface area contributed by atoms with E-state index in [9.17, 15) is 13.2 Å². The number of hydrogen-bond donors (Lipinski definition) is 2. The van der Waals surface area contributed by atoms with E-state index >= 15 is 0 Å². The predicted octanol–water partition coefficient (Wildman–Crippen LogP) is 4.02. The summed E-state index contributed by atoms with van der Waals surface area (Å²) in [6.07, 6.45) is 4.22. The van der Waals surface area contributed by atoms with Crippen LogP contribution in [0.3, 0.4) is 0 Å². The smallest absolute Gasteiger partial charge is 0.404 e. The van der Waals surface area contributed by atoms with Gasteiger partial charge in [0.05, 0.1) is 12.4 Å². The molecule has 0 aromatic carbocycles. The van der Waals surface area contributed by atoms with Crippen molar-refractivity contribution >= 4 is 25.6 Å². The average molecular weight is 490 g/mol. The van der Waals surface area contributed by atoms with Crippen LogP contribution in [0.2, 0.25) is 0 Å². The molecule has 8 nitrogen and oxygen atoms in total. The molecule has 0 bridgehead atoms. The van der Waals surface area contributed by atoms with Crippen molar-refractivity contribution in [2.45, 2.75) is 31.2 Å². The molecule has 0 saturated carbocycles. The number of halogens is 3. The highest BCUT2D eigenvalue weighted by atomic mass is 31.1. The maximum atomic E-state index is 13.2. The Hall–Kier alpha value is -3.07. The topological polar surface area (TPSA) is 109 Å². The van der Waals surface area contributed by atoms with Crippen molar-refractivity contribution in [1.82, 2.24) is 24.3 Å². The normalized spacial score (nSPS) is 21.9. The number of nitrogens with one attached hydrogen (secondary N) is 1. The summed E-state index contributed by atoms with van der Waals surface area (Å²) in [5, 5.41) is 7.79. The fourth-order valence-corrected chi connectivity index (χ4v) is 5.53. The number of anilines is 1. The van der Waals surface area contributed by atoms with E-state index in [0.717, 1.165) is 30.9 Å². The molecule has 3 aromatic rings. The van der Waals surface area contributed by atoms with Crippen LogP contribution in [-0.2, 0) is 6.18 Å². The Bertz CT molecular complexity index is 1220. The Kier molecular flexibility index (Phi) is 6.58. The number of alkyl halides is 3. The molecule has 0 aliphatic carbocycles. The first-order valence-corrected chi connectivity index (χ1v) is 13.0. The van der Waals surface area contributed by atoms with Crippen LogP contribution in [0.5, 0.6) is 0 Å². The highest BCUT2D eigenvalue weighted by Crippen LogP contribution is 2.44. The van der Waals surface area contributed by atoms with E-state index < -0.39 is 11.9 Å². The lowest BCUT2D eigenvalue weighted by Gasteiger charge is -2.45. The van der Waals surface area contributed by atoms with E-state index in [1.54, 1.807) is 12.3 Å². The standard InChI is InChI=1S/C22H26F3N8P/c1-13-16(14(7-26)8-27)6-15(34(2)3)11-32(13)19-4-5-28-21(31-19)17-9-30-20-10-29-18(12-33(17)20)22(23,24)25/h4-5,7-10,12-13,15-16,26H,6,11,27H2,1-3H3/b14-8+,26-7?. The van der Waals surface area contributed by atoms with Crippen LogP contribution in [-0.4, -0.2) is 62.1 Å². The second kappa shape index (κ2) is 9.29. The molecule has 12 heteroatoms. The van der Waals surface area contributed by atoms with E-state index in [2.05, 4.69) is 40.1 Å². The molecule has 0 radical (unpaired) electrons. The van der Waals surface area contributed by atoms with Gasteiger partial charge in [0.1, 0.15) is 11.5 Å². The van der Waals surface area contributed by atoms with E-state index in [-0.39, 0.29) is 31.4 Å². The molecule has 1 fully saturated rings. The summed E-state index contributed by atoms with van der Waals surface area (Å²) in [4.78, 5) is 18.9. The molecule has 0 spiro atoms. The van der Waals surface area contributed by atoms with Gasteiger partial charge in [0.25, 0.3) is 0 Å². The monoisotopic (exact) mass is 490 g/mol. The lowest BCUT2D eigenvalue weighted by atomic mass is 9.84. The van der Waals surface area contributed by atoms with Crippen LogP contribution in [0.1, 0.15) is 19.0 Å². The number of aromatic nitrogens is 5. The fourth-order valence-electron chi connectivity index (χ4n) is 4.38. The third-order valence-electron chi connectivity index (χ3n) is 6.38. The largest absolute Gasteiger partial charge is 0.434 e. The zero-order valence-corrected chi connectivity index (χ0v) is 19.9. The molecule has 4 rings (SSSR count). The summed E-state index contributed by atoms with van der Waals surface area (Å²) in [6, 6.07) is 1.82. The van der Waals surface area contributed by atoms with Crippen molar-refractivity contribution in [2.24, 2.45) is 11.7 Å². The number of rotatable bonds is 5. The quantitative estimate of drug-likeness (QED) is 0.413. The van der Waals surface area contributed by atoms with Crippen molar-refractivity contribution in [3.63, 3.8) is 0 Å². The van der Waals surface area contributed by atoms with E-state index in [4.69, 9.17) is 16.1 Å².